The second-order valence-electron chi connectivity index (χ2n) is 5.25. The van der Waals surface area contributed by atoms with Gasteiger partial charge in [0.05, 0.1) is 0 Å². The molecule has 1 nitrogen and oxygen atoms in total. The molecule has 2 fully saturated rings. The summed E-state index contributed by atoms with van der Waals surface area (Å²) in [6, 6.07) is 0.646. The van der Waals surface area contributed by atoms with Crippen molar-refractivity contribution < 1.29 is 0 Å². The van der Waals surface area contributed by atoms with Crippen LogP contribution in [-0.2, 0) is 0 Å². The lowest BCUT2D eigenvalue weighted by molar-refractivity contribution is 0.480. The van der Waals surface area contributed by atoms with Crippen LogP contribution in [-0.4, -0.2) is 13.1 Å². The number of rotatable bonds is 3. The number of nitrogens with one attached hydrogen (secondary N) is 1. The number of allylic oxidation sites excluding steroid dienone is 1. The van der Waals surface area contributed by atoms with Gasteiger partial charge in [0.1, 0.15) is 0 Å². The second-order valence-corrected chi connectivity index (χ2v) is 5.25. The van der Waals surface area contributed by atoms with E-state index in [9.17, 15) is 0 Å². The maximum atomic E-state index is 3.48. The molecular formula is C13H23N. The zero-order chi connectivity index (χ0) is 10.1. The van der Waals surface area contributed by atoms with E-state index in [1.807, 2.05) is 0 Å². The Morgan fingerprint density at radius 1 is 1.21 bits per heavy atom. The average molecular weight is 193 g/mol. The monoisotopic (exact) mass is 193 g/mol. The van der Waals surface area contributed by atoms with Crippen LogP contribution in [0.4, 0.5) is 0 Å². The smallest absolute Gasteiger partial charge is 0.0283 e. The van der Waals surface area contributed by atoms with Crippen LogP contribution in [0.15, 0.2) is 11.6 Å². The lowest BCUT2D eigenvalue weighted by Crippen LogP contribution is -2.26. The zero-order valence-electron chi connectivity index (χ0n) is 9.72. The number of hydrogen-bond donors (Lipinski definition) is 1. The largest absolute Gasteiger partial charge is 0.313 e. The molecule has 0 aromatic carbocycles. The van der Waals surface area contributed by atoms with Crippen molar-refractivity contribution in [3.8, 4) is 0 Å². The van der Waals surface area contributed by atoms with Crippen LogP contribution in [0, 0.1) is 17.8 Å². The zero-order valence-corrected chi connectivity index (χ0v) is 9.72. The summed E-state index contributed by atoms with van der Waals surface area (Å²) in [6.07, 6.45) is 8.35. The predicted molar refractivity (Wildman–Crippen MR) is 61.2 cm³/mol. The van der Waals surface area contributed by atoms with Gasteiger partial charge in [0.25, 0.3) is 0 Å². The standard InChI is InChI=1S/C13H23N/c1-9(2)8-12(14-3)13-10-6-4-5-7-11(10)13/h8,10-14H,4-7H2,1-3H3. The minimum Gasteiger partial charge on any atom is -0.313 e. The molecule has 0 aromatic rings. The highest BCUT2D eigenvalue weighted by atomic mass is 14.9. The molecule has 0 aromatic heterocycles. The Morgan fingerprint density at radius 2 is 1.79 bits per heavy atom. The molecule has 3 atom stereocenters. The second kappa shape index (κ2) is 4.06. The molecule has 0 amide bonds. The molecule has 0 spiro atoms. The van der Waals surface area contributed by atoms with Crippen LogP contribution in [0.2, 0.25) is 0 Å². The van der Waals surface area contributed by atoms with Crippen molar-refractivity contribution in [3.05, 3.63) is 11.6 Å². The highest BCUT2D eigenvalue weighted by molar-refractivity contribution is 5.13. The quantitative estimate of drug-likeness (QED) is 0.679. The van der Waals surface area contributed by atoms with Crippen LogP contribution >= 0.6 is 0 Å². The molecule has 2 aliphatic carbocycles. The molecule has 2 rings (SSSR count). The summed E-state index contributed by atoms with van der Waals surface area (Å²) >= 11 is 0. The van der Waals surface area contributed by atoms with Gasteiger partial charge in [0, 0.05) is 6.04 Å². The third-order valence-electron chi connectivity index (χ3n) is 3.98. The van der Waals surface area contributed by atoms with Gasteiger partial charge >= 0.3 is 0 Å². The number of likely N-dealkylation sites (N-methyl/N-ethyl adjacent to an activating group) is 1. The van der Waals surface area contributed by atoms with E-state index < -0.39 is 0 Å². The van der Waals surface area contributed by atoms with Crippen LogP contribution in [0.3, 0.4) is 0 Å². The molecule has 14 heavy (non-hydrogen) atoms. The van der Waals surface area contributed by atoms with Crippen LogP contribution in [0.1, 0.15) is 39.5 Å². The Balaban J connectivity index is 1.97. The van der Waals surface area contributed by atoms with E-state index in [-0.39, 0.29) is 0 Å². The van der Waals surface area contributed by atoms with E-state index in [0.29, 0.717) is 6.04 Å². The maximum Gasteiger partial charge on any atom is 0.0283 e. The fourth-order valence-corrected chi connectivity index (χ4v) is 3.33. The minimum atomic E-state index is 0.646. The third-order valence-corrected chi connectivity index (χ3v) is 3.98. The summed E-state index contributed by atoms with van der Waals surface area (Å²) in [7, 11) is 2.11. The molecule has 1 N–H and O–H groups in total. The lowest BCUT2D eigenvalue weighted by atomic mass is 10.0. The van der Waals surface area contributed by atoms with Crippen molar-refractivity contribution in [2.75, 3.05) is 7.05 Å². The van der Waals surface area contributed by atoms with Crippen LogP contribution < -0.4 is 5.32 Å². The molecule has 0 bridgehead atoms. The highest BCUT2D eigenvalue weighted by Gasteiger charge is 2.53. The normalized spacial score (nSPS) is 37.2. The third kappa shape index (κ3) is 1.88. The van der Waals surface area contributed by atoms with Gasteiger partial charge in [0.2, 0.25) is 0 Å². The number of fused-ring (bicyclic) bond motifs is 1. The highest BCUT2D eigenvalue weighted by Crippen LogP contribution is 2.57. The molecule has 0 aliphatic heterocycles. The van der Waals surface area contributed by atoms with Crippen molar-refractivity contribution in [2.24, 2.45) is 17.8 Å². The van der Waals surface area contributed by atoms with E-state index in [2.05, 4.69) is 32.3 Å². The van der Waals surface area contributed by atoms with Gasteiger partial charge in [-0.15, -0.1) is 0 Å². The predicted octanol–water partition coefficient (Wildman–Crippen LogP) is 2.98. The Kier molecular flexibility index (Phi) is 2.96. The van der Waals surface area contributed by atoms with Crippen molar-refractivity contribution in [1.82, 2.24) is 5.32 Å². The first-order valence-corrected chi connectivity index (χ1v) is 6.06. The summed E-state index contributed by atoms with van der Waals surface area (Å²) in [5.41, 5.74) is 1.45. The molecule has 0 radical (unpaired) electrons. The Labute approximate surface area is 88.0 Å². The fraction of sp³-hybridized carbons (Fsp3) is 0.846. The summed E-state index contributed by atoms with van der Waals surface area (Å²) in [5.74, 6) is 3.06. The molecule has 0 heterocycles. The fourth-order valence-electron chi connectivity index (χ4n) is 3.33. The lowest BCUT2D eigenvalue weighted by Gasteiger charge is -2.12. The Hall–Kier alpha value is -0.300. The van der Waals surface area contributed by atoms with Gasteiger partial charge in [-0.3, -0.25) is 0 Å². The van der Waals surface area contributed by atoms with Crippen LogP contribution in [0.5, 0.6) is 0 Å². The average Bonchev–Trinajstić information content (AvgIpc) is 2.88. The molecular weight excluding hydrogens is 170 g/mol. The van der Waals surface area contributed by atoms with Gasteiger partial charge in [-0.05, 0) is 51.5 Å². The molecule has 1 heteroatoms. The van der Waals surface area contributed by atoms with Crippen molar-refractivity contribution >= 4 is 0 Å². The molecule has 2 saturated carbocycles. The first-order chi connectivity index (χ1) is 6.74. The molecule has 80 valence electrons. The first kappa shape index (κ1) is 10.2. The van der Waals surface area contributed by atoms with Gasteiger partial charge in [0.15, 0.2) is 0 Å². The maximum absolute atomic E-state index is 3.48. The SMILES string of the molecule is CNC(C=C(C)C)C1C2CCCCC21. The van der Waals surface area contributed by atoms with Crippen LogP contribution in [0.25, 0.3) is 0 Å². The van der Waals surface area contributed by atoms with Gasteiger partial charge in [-0.2, -0.15) is 0 Å². The van der Waals surface area contributed by atoms with Crippen molar-refractivity contribution in [3.63, 3.8) is 0 Å². The molecule has 3 unspecified atom stereocenters. The van der Waals surface area contributed by atoms with E-state index in [0.717, 1.165) is 17.8 Å². The minimum absolute atomic E-state index is 0.646. The van der Waals surface area contributed by atoms with Crippen molar-refractivity contribution in [1.29, 1.82) is 0 Å². The van der Waals surface area contributed by atoms with E-state index in [1.54, 1.807) is 0 Å². The van der Waals surface area contributed by atoms with E-state index >= 15 is 0 Å². The topological polar surface area (TPSA) is 12.0 Å². The first-order valence-electron chi connectivity index (χ1n) is 6.06. The number of hydrogen-bond acceptors (Lipinski definition) is 1. The molecule has 0 saturated heterocycles. The summed E-state index contributed by atoms with van der Waals surface area (Å²) in [6.45, 7) is 4.41. The van der Waals surface area contributed by atoms with Gasteiger partial charge in [-0.1, -0.05) is 24.5 Å². The van der Waals surface area contributed by atoms with Gasteiger partial charge in [-0.25, -0.2) is 0 Å². The summed E-state index contributed by atoms with van der Waals surface area (Å²) in [5, 5.41) is 3.48. The Bertz CT molecular complexity index is 215. The Morgan fingerprint density at radius 3 is 2.21 bits per heavy atom. The molecule has 2 aliphatic rings. The summed E-state index contributed by atoms with van der Waals surface area (Å²) in [4.78, 5) is 0. The summed E-state index contributed by atoms with van der Waals surface area (Å²) < 4.78 is 0. The van der Waals surface area contributed by atoms with E-state index in [1.165, 1.54) is 31.3 Å². The van der Waals surface area contributed by atoms with E-state index in [4.69, 9.17) is 0 Å². The van der Waals surface area contributed by atoms with Crippen molar-refractivity contribution in [2.45, 2.75) is 45.6 Å². The van der Waals surface area contributed by atoms with Gasteiger partial charge < -0.3 is 5.32 Å².